The molecule has 2 nitrogen and oxygen atoms in total. The summed E-state index contributed by atoms with van der Waals surface area (Å²) in [7, 11) is 0. The normalized spacial score (nSPS) is 15.7. The highest BCUT2D eigenvalue weighted by Gasteiger charge is 2.25. The highest BCUT2D eigenvalue weighted by atomic mass is 15.2. The molecular weight excluding hydrogens is 256 g/mol. The van der Waals surface area contributed by atoms with Gasteiger partial charge in [-0.05, 0) is 48.9 Å². The van der Waals surface area contributed by atoms with Crippen molar-refractivity contribution in [2.75, 3.05) is 18.0 Å². The molecule has 21 heavy (non-hydrogen) atoms. The van der Waals surface area contributed by atoms with Gasteiger partial charge in [-0.2, -0.15) is 0 Å². The molecule has 2 N–H and O–H groups in total. The third-order valence-corrected chi connectivity index (χ3v) is 4.37. The minimum atomic E-state index is 0.246. The molecule has 2 aromatic carbocycles. The molecule has 0 spiro atoms. The average Bonchev–Trinajstić information content (AvgIpc) is 3.38. The van der Waals surface area contributed by atoms with E-state index in [1.54, 1.807) is 0 Å². The lowest BCUT2D eigenvalue weighted by atomic mass is 10.00. The first-order valence-corrected chi connectivity index (χ1v) is 7.95. The van der Waals surface area contributed by atoms with Gasteiger partial charge in [-0.3, -0.25) is 0 Å². The predicted octanol–water partition coefficient (Wildman–Crippen LogP) is 4.09. The van der Waals surface area contributed by atoms with E-state index in [4.69, 9.17) is 5.73 Å². The van der Waals surface area contributed by atoms with Crippen molar-refractivity contribution in [2.24, 2.45) is 5.73 Å². The second-order valence-corrected chi connectivity index (χ2v) is 5.82. The van der Waals surface area contributed by atoms with Gasteiger partial charge in [0.1, 0.15) is 0 Å². The number of nitrogens with zero attached hydrogens (tertiary/aromatic N) is 1. The van der Waals surface area contributed by atoms with Gasteiger partial charge in [-0.25, -0.2) is 0 Å². The van der Waals surface area contributed by atoms with E-state index in [1.807, 2.05) is 0 Å². The van der Waals surface area contributed by atoms with Gasteiger partial charge in [-0.15, -0.1) is 0 Å². The van der Waals surface area contributed by atoms with E-state index in [0.717, 1.165) is 12.5 Å². The Morgan fingerprint density at radius 2 is 1.86 bits per heavy atom. The third-order valence-electron chi connectivity index (χ3n) is 4.37. The van der Waals surface area contributed by atoms with Crippen LogP contribution in [0.2, 0.25) is 0 Å². The number of hydrogen-bond donors (Lipinski definition) is 1. The molecule has 2 aromatic rings. The van der Waals surface area contributed by atoms with E-state index >= 15 is 0 Å². The lowest BCUT2D eigenvalue weighted by Crippen LogP contribution is -2.33. The van der Waals surface area contributed by atoms with Crippen molar-refractivity contribution in [3.63, 3.8) is 0 Å². The van der Waals surface area contributed by atoms with Crippen LogP contribution in [0, 0.1) is 0 Å². The van der Waals surface area contributed by atoms with Crippen LogP contribution in [0.25, 0.3) is 0 Å². The van der Waals surface area contributed by atoms with Crippen LogP contribution in [0.5, 0.6) is 0 Å². The van der Waals surface area contributed by atoms with Crippen LogP contribution in [0.4, 0.5) is 5.69 Å². The van der Waals surface area contributed by atoms with Crippen LogP contribution < -0.4 is 10.6 Å². The van der Waals surface area contributed by atoms with Gasteiger partial charge in [0, 0.05) is 18.8 Å². The van der Waals surface area contributed by atoms with Gasteiger partial charge in [0.15, 0.2) is 0 Å². The second kappa shape index (κ2) is 6.31. The minimum Gasteiger partial charge on any atom is -0.363 e. The number of anilines is 1. The fourth-order valence-corrected chi connectivity index (χ4v) is 3.08. The van der Waals surface area contributed by atoms with E-state index in [2.05, 4.69) is 66.4 Å². The summed E-state index contributed by atoms with van der Waals surface area (Å²) in [6.45, 7) is 3.79. The smallest absolute Gasteiger partial charge is 0.0664 e. The maximum atomic E-state index is 6.12. The summed E-state index contributed by atoms with van der Waals surface area (Å²) in [6, 6.07) is 19.8. The number of para-hydroxylation sites is 1. The molecule has 0 radical (unpaired) electrons. The molecule has 1 aliphatic rings. The van der Waals surface area contributed by atoms with Gasteiger partial charge >= 0.3 is 0 Å². The van der Waals surface area contributed by atoms with Gasteiger partial charge in [0.2, 0.25) is 0 Å². The molecule has 0 aromatic heterocycles. The summed E-state index contributed by atoms with van der Waals surface area (Å²) in [5.41, 5.74) is 10.2. The zero-order valence-corrected chi connectivity index (χ0v) is 12.7. The molecule has 0 heterocycles. The summed E-state index contributed by atoms with van der Waals surface area (Å²) in [4.78, 5) is 2.39. The molecule has 0 aliphatic heterocycles. The Morgan fingerprint density at radius 3 is 2.48 bits per heavy atom. The van der Waals surface area contributed by atoms with Gasteiger partial charge < -0.3 is 10.6 Å². The zero-order valence-electron chi connectivity index (χ0n) is 12.7. The molecule has 1 unspecified atom stereocenters. The zero-order chi connectivity index (χ0) is 14.7. The largest absolute Gasteiger partial charge is 0.363 e. The summed E-state index contributed by atoms with van der Waals surface area (Å²) in [5, 5.41) is 0. The number of rotatable bonds is 6. The Labute approximate surface area is 127 Å². The third kappa shape index (κ3) is 3.11. The molecule has 1 aliphatic carbocycles. The van der Waals surface area contributed by atoms with E-state index in [0.29, 0.717) is 6.54 Å². The van der Waals surface area contributed by atoms with Crippen LogP contribution in [-0.2, 0) is 0 Å². The standard InChI is InChI=1S/C19H24N2/c1-2-21(18-9-4-3-5-10-18)19(14-20)17-8-6-7-16(13-17)15-11-12-15/h3-10,13,15,19H,2,11-12,14,20H2,1H3. The fraction of sp³-hybridized carbons (Fsp3) is 0.368. The van der Waals surface area contributed by atoms with Crippen LogP contribution in [0.3, 0.4) is 0 Å². The Kier molecular flexibility index (Phi) is 4.26. The molecule has 3 rings (SSSR count). The molecule has 0 bridgehead atoms. The average molecular weight is 280 g/mol. The molecule has 110 valence electrons. The predicted molar refractivity (Wildman–Crippen MR) is 89.7 cm³/mol. The Bertz CT molecular complexity index is 575. The van der Waals surface area contributed by atoms with Crippen molar-refractivity contribution in [3.8, 4) is 0 Å². The topological polar surface area (TPSA) is 29.3 Å². The quantitative estimate of drug-likeness (QED) is 0.863. The molecule has 1 saturated carbocycles. The van der Waals surface area contributed by atoms with Crippen LogP contribution in [0.1, 0.15) is 42.9 Å². The van der Waals surface area contributed by atoms with Crippen molar-refractivity contribution < 1.29 is 0 Å². The first-order valence-electron chi connectivity index (χ1n) is 7.95. The Hall–Kier alpha value is -1.80. The van der Waals surface area contributed by atoms with Crippen LogP contribution in [-0.4, -0.2) is 13.1 Å². The van der Waals surface area contributed by atoms with Crippen LogP contribution >= 0.6 is 0 Å². The van der Waals surface area contributed by atoms with E-state index in [1.165, 1.54) is 29.7 Å². The molecule has 2 heteroatoms. The molecule has 1 atom stereocenters. The highest BCUT2D eigenvalue weighted by molar-refractivity contribution is 5.49. The Morgan fingerprint density at radius 1 is 1.10 bits per heavy atom. The van der Waals surface area contributed by atoms with Gasteiger partial charge in [0.25, 0.3) is 0 Å². The lowest BCUT2D eigenvalue weighted by molar-refractivity contribution is 0.642. The summed E-state index contributed by atoms with van der Waals surface area (Å²) >= 11 is 0. The molecular formula is C19H24N2. The fourth-order valence-electron chi connectivity index (χ4n) is 3.08. The van der Waals surface area contributed by atoms with Crippen molar-refractivity contribution in [1.29, 1.82) is 0 Å². The van der Waals surface area contributed by atoms with E-state index in [-0.39, 0.29) is 6.04 Å². The Balaban J connectivity index is 1.90. The first-order chi connectivity index (χ1) is 10.3. The SMILES string of the molecule is CCN(c1ccccc1)C(CN)c1cccc(C2CC2)c1. The summed E-state index contributed by atoms with van der Waals surface area (Å²) in [6.07, 6.45) is 2.68. The van der Waals surface area contributed by atoms with Crippen LogP contribution in [0.15, 0.2) is 54.6 Å². The minimum absolute atomic E-state index is 0.246. The van der Waals surface area contributed by atoms with Crippen molar-refractivity contribution in [2.45, 2.75) is 31.7 Å². The summed E-state index contributed by atoms with van der Waals surface area (Å²) < 4.78 is 0. The highest BCUT2D eigenvalue weighted by Crippen LogP contribution is 2.41. The monoisotopic (exact) mass is 280 g/mol. The van der Waals surface area contributed by atoms with E-state index in [9.17, 15) is 0 Å². The first kappa shape index (κ1) is 14.2. The van der Waals surface area contributed by atoms with Gasteiger partial charge in [-0.1, -0.05) is 42.5 Å². The van der Waals surface area contributed by atoms with Gasteiger partial charge in [0.05, 0.1) is 6.04 Å². The second-order valence-electron chi connectivity index (χ2n) is 5.82. The van der Waals surface area contributed by atoms with Crippen molar-refractivity contribution >= 4 is 5.69 Å². The lowest BCUT2D eigenvalue weighted by Gasteiger charge is -2.32. The number of nitrogens with two attached hydrogens (primary N) is 1. The maximum absolute atomic E-state index is 6.12. The number of hydrogen-bond acceptors (Lipinski definition) is 2. The summed E-state index contributed by atoms with van der Waals surface area (Å²) in [5.74, 6) is 0.787. The maximum Gasteiger partial charge on any atom is 0.0664 e. The molecule has 0 amide bonds. The number of likely N-dealkylation sites (N-methyl/N-ethyl adjacent to an activating group) is 1. The molecule has 0 saturated heterocycles. The van der Waals surface area contributed by atoms with Crippen molar-refractivity contribution in [3.05, 3.63) is 65.7 Å². The molecule has 1 fully saturated rings. The number of benzene rings is 2. The van der Waals surface area contributed by atoms with Crippen molar-refractivity contribution in [1.82, 2.24) is 0 Å². The van der Waals surface area contributed by atoms with E-state index < -0.39 is 0 Å².